The molecule has 0 N–H and O–H groups in total. The third-order valence-corrected chi connectivity index (χ3v) is 6.36. The van der Waals surface area contributed by atoms with Crippen LogP contribution in [0.4, 0.5) is 0 Å². The molecule has 2 aromatic rings. The molecule has 1 fully saturated rings. The summed E-state index contributed by atoms with van der Waals surface area (Å²) in [6.07, 6.45) is 11.1. The summed E-state index contributed by atoms with van der Waals surface area (Å²) in [5.74, 6) is 0.315. The fourth-order valence-corrected chi connectivity index (χ4v) is 4.17. The van der Waals surface area contributed by atoms with Gasteiger partial charge in [-0.1, -0.05) is 76.8 Å². The number of carbonyl (C=O) groups is 2. The molecule has 0 amide bonds. The smallest absolute Gasteiger partial charge is 0.343 e. The second-order valence-electron chi connectivity index (χ2n) is 9.13. The van der Waals surface area contributed by atoms with Crippen LogP contribution in [0.1, 0.15) is 88.4 Å². The molecular formula is C29H37ClO6. The Morgan fingerprint density at radius 1 is 0.833 bits per heavy atom. The van der Waals surface area contributed by atoms with Crippen molar-refractivity contribution in [3.63, 3.8) is 0 Å². The Hall–Kier alpha value is -2.57. The molecule has 36 heavy (non-hydrogen) atoms. The molecule has 1 heterocycles. The first kappa shape index (κ1) is 28.0. The van der Waals surface area contributed by atoms with Gasteiger partial charge in [-0.15, -0.1) is 0 Å². The number of halogens is 1. The molecule has 0 bridgehead atoms. The van der Waals surface area contributed by atoms with Gasteiger partial charge < -0.3 is 18.9 Å². The summed E-state index contributed by atoms with van der Waals surface area (Å²) in [6, 6.07) is 11.2. The van der Waals surface area contributed by atoms with Crippen molar-refractivity contribution >= 4 is 23.5 Å². The first-order valence-corrected chi connectivity index (χ1v) is 13.5. The second-order valence-corrected chi connectivity index (χ2v) is 9.54. The molecular weight excluding hydrogens is 480 g/mol. The Balaban J connectivity index is 1.39. The van der Waals surface area contributed by atoms with Crippen molar-refractivity contribution in [3.05, 3.63) is 53.1 Å². The van der Waals surface area contributed by atoms with Crippen molar-refractivity contribution in [3.8, 4) is 17.2 Å². The number of esters is 2. The summed E-state index contributed by atoms with van der Waals surface area (Å²) in [5.41, 5.74) is 0.322. The Morgan fingerprint density at radius 3 is 2.11 bits per heavy atom. The van der Waals surface area contributed by atoms with Gasteiger partial charge in [-0.2, -0.15) is 0 Å². The molecule has 1 aliphatic heterocycles. The van der Waals surface area contributed by atoms with Crippen molar-refractivity contribution in [1.82, 2.24) is 0 Å². The molecule has 1 saturated heterocycles. The number of rotatable bonds is 16. The maximum Gasteiger partial charge on any atom is 0.343 e. The first-order chi connectivity index (χ1) is 17.5. The number of epoxide rings is 1. The lowest BCUT2D eigenvalue weighted by Crippen LogP contribution is -2.17. The van der Waals surface area contributed by atoms with Crippen LogP contribution < -0.4 is 14.2 Å². The van der Waals surface area contributed by atoms with Gasteiger partial charge in [-0.3, -0.25) is 0 Å². The molecule has 3 rings (SSSR count). The highest BCUT2D eigenvalue weighted by Crippen LogP contribution is 2.29. The van der Waals surface area contributed by atoms with Gasteiger partial charge in [-0.05, 0) is 55.3 Å². The number of unbranched alkanes of at least 4 members (excludes halogenated alkanes) is 7. The van der Waals surface area contributed by atoms with E-state index >= 15 is 0 Å². The molecule has 0 saturated carbocycles. The predicted molar refractivity (Wildman–Crippen MR) is 140 cm³/mol. The lowest BCUT2D eigenvalue weighted by Gasteiger charge is -2.10. The average Bonchev–Trinajstić information content (AvgIpc) is 3.64. The van der Waals surface area contributed by atoms with E-state index in [2.05, 4.69) is 6.92 Å². The standard InChI is InChI=1S/C29H37ClO6/c1-3-5-6-7-8-9-10-11-19-33-25-18-13-21(20-24(25)30)28(31)34-22-14-16-23(17-15-22)35-29(32)27-26(36-27)12-4-2/h13-18,20,26-27H,3-12,19H2,1-2H3/t26-,27-/m1/s1. The van der Waals surface area contributed by atoms with Crippen LogP contribution in [0.2, 0.25) is 5.02 Å². The van der Waals surface area contributed by atoms with Crippen molar-refractivity contribution < 1.29 is 28.5 Å². The van der Waals surface area contributed by atoms with Crippen LogP contribution in [-0.2, 0) is 9.53 Å². The van der Waals surface area contributed by atoms with E-state index in [0.717, 1.165) is 25.7 Å². The van der Waals surface area contributed by atoms with Crippen molar-refractivity contribution in [2.75, 3.05) is 6.61 Å². The largest absolute Gasteiger partial charge is 0.492 e. The van der Waals surface area contributed by atoms with E-state index in [1.54, 1.807) is 42.5 Å². The van der Waals surface area contributed by atoms with E-state index in [9.17, 15) is 9.59 Å². The number of carbonyl (C=O) groups excluding carboxylic acids is 2. The van der Waals surface area contributed by atoms with Crippen LogP contribution in [0, 0.1) is 0 Å². The van der Waals surface area contributed by atoms with Gasteiger partial charge in [0.1, 0.15) is 17.2 Å². The van der Waals surface area contributed by atoms with E-state index in [4.69, 9.17) is 30.5 Å². The number of hydrogen-bond acceptors (Lipinski definition) is 6. The van der Waals surface area contributed by atoms with Gasteiger partial charge in [-0.25, -0.2) is 9.59 Å². The van der Waals surface area contributed by atoms with Gasteiger partial charge in [0.15, 0.2) is 6.10 Å². The Morgan fingerprint density at radius 2 is 1.47 bits per heavy atom. The summed E-state index contributed by atoms with van der Waals surface area (Å²) in [6.45, 7) is 4.87. The summed E-state index contributed by atoms with van der Waals surface area (Å²) >= 11 is 6.33. The molecule has 0 spiro atoms. The van der Waals surface area contributed by atoms with Crippen molar-refractivity contribution in [2.24, 2.45) is 0 Å². The number of benzene rings is 2. The fourth-order valence-electron chi connectivity index (χ4n) is 3.93. The van der Waals surface area contributed by atoms with Gasteiger partial charge in [0.2, 0.25) is 0 Å². The molecule has 0 unspecified atom stereocenters. The lowest BCUT2D eigenvalue weighted by molar-refractivity contribution is -0.135. The lowest BCUT2D eigenvalue weighted by atomic mass is 10.1. The third-order valence-electron chi connectivity index (χ3n) is 6.06. The minimum absolute atomic E-state index is 0.0450. The normalized spacial score (nSPS) is 16.4. The summed E-state index contributed by atoms with van der Waals surface area (Å²) in [5, 5.41) is 0.370. The van der Waals surface area contributed by atoms with Gasteiger partial charge in [0, 0.05) is 0 Å². The average molecular weight is 517 g/mol. The van der Waals surface area contributed by atoms with Crippen LogP contribution in [0.3, 0.4) is 0 Å². The SMILES string of the molecule is CCCCCCCCCCOc1ccc(C(=O)Oc2ccc(OC(=O)[C@@H]3O[C@@H]3CCC)cc2)cc1Cl. The van der Waals surface area contributed by atoms with Gasteiger partial charge >= 0.3 is 11.9 Å². The second kappa shape index (κ2) is 14.9. The monoisotopic (exact) mass is 516 g/mol. The molecule has 196 valence electrons. The highest BCUT2D eigenvalue weighted by Gasteiger charge is 2.45. The van der Waals surface area contributed by atoms with Crippen LogP contribution >= 0.6 is 11.6 Å². The molecule has 2 aromatic carbocycles. The zero-order valence-corrected chi connectivity index (χ0v) is 22.1. The molecule has 7 heteroatoms. The number of ether oxygens (including phenoxy) is 4. The zero-order valence-electron chi connectivity index (χ0n) is 21.3. The van der Waals surface area contributed by atoms with E-state index in [0.29, 0.717) is 34.4 Å². The Kier molecular flexibility index (Phi) is 11.6. The quantitative estimate of drug-likeness (QED) is 0.0991. The van der Waals surface area contributed by atoms with Gasteiger partial charge in [0.25, 0.3) is 0 Å². The number of hydrogen-bond donors (Lipinski definition) is 0. The summed E-state index contributed by atoms with van der Waals surface area (Å²) < 4.78 is 21.9. The van der Waals surface area contributed by atoms with Crippen molar-refractivity contribution in [1.29, 1.82) is 0 Å². The Labute approximate surface area is 219 Å². The highest BCUT2D eigenvalue weighted by molar-refractivity contribution is 6.32. The molecule has 0 aliphatic carbocycles. The summed E-state index contributed by atoms with van der Waals surface area (Å²) in [7, 11) is 0. The molecule has 2 atom stereocenters. The fraction of sp³-hybridized carbons (Fsp3) is 0.517. The first-order valence-electron chi connectivity index (χ1n) is 13.1. The summed E-state index contributed by atoms with van der Waals surface area (Å²) in [4.78, 5) is 24.6. The van der Waals surface area contributed by atoms with Crippen molar-refractivity contribution in [2.45, 2.75) is 90.3 Å². The molecule has 6 nitrogen and oxygen atoms in total. The zero-order chi connectivity index (χ0) is 25.8. The van der Waals surface area contributed by atoms with Crippen LogP contribution in [0.15, 0.2) is 42.5 Å². The van der Waals surface area contributed by atoms with E-state index in [1.807, 2.05) is 6.92 Å². The van der Waals surface area contributed by atoms with Crippen LogP contribution in [-0.4, -0.2) is 30.8 Å². The minimum atomic E-state index is -0.537. The van der Waals surface area contributed by atoms with E-state index in [-0.39, 0.29) is 6.10 Å². The topological polar surface area (TPSA) is 74.4 Å². The molecule has 1 aliphatic rings. The Bertz CT molecular complexity index is 974. The maximum absolute atomic E-state index is 12.5. The minimum Gasteiger partial charge on any atom is -0.492 e. The maximum atomic E-state index is 12.5. The molecule has 0 radical (unpaired) electrons. The molecule has 0 aromatic heterocycles. The van der Waals surface area contributed by atoms with E-state index in [1.165, 1.54) is 38.5 Å². The van der Waals surface area contributed by atoms with E-state index < -0.39 is 18.0 Å². The van der Waals surface area contributed by atoms with Crippen LogP contribution in [0.5, 0.6) is 17.2 Å². The van der Waals surface area contributed by atoms with Gasteiger partial charge in [0.05, 0.1) is 23.3 Å². The predicted octanol–water partition coefficient (Wildman–Crippen LogP) is 7.55. The van der Waals surface area contributed by atoms with Crippen LogP contribution in [0.25, 0.3) is 0 Å². The third kappa shape index (κ3) is 9.14. The highest BCUT2D eigenvalue weighted by atomic mass is 35.5.